The van der Waals surface area contributed by atoms with Crippen LogP contribution in [-0.4, -0.2) is 46.0 Å². The number of hydrogen-bond donors (Lipinski definition) is 0. The van der Waals surface area contributed by atoms with E-state index in [9.17, 15) is 4.79 Å². The third kappa shape index (κ3) is 2.36. The van der Waals surface area contributed by atoms with Crippen LogP contribution in [0.4, 0.5) is 0 Å². The van der Waals surface area contributed by atoms with Crippen LogP contribution in [0.15, 0.2) is 36.7 Å². The van der Waals surface area contributed by atoms with Gasteiger partial charge in [-0.15, -0.1) is 0 Å². The molecule has 1 amide bonds. The molecular weight excluding hydrogens is 256 g/mol. The van der Waals surface area contributed by atoms with E-state index in [0.29, 0.717) is 12.1 Å². The number of rotatable bonds is 3. The highest BCUT2D eigenvalue weighted by Gasteiger charge is 2.28. The average Bonchev–Trinajstić information content (AvgIpc) is 3.17. The van der Waals surface area contributed by atoms with Gasteiger partial charge in [0.2, 0.25) is 0 Å². The van der Waals surface area contributed by atoms with Crippen molar-refractivity contribution >= 4 is 5.91 Å². The van der Waals surface area contributed by atoms with Crippen LogP contribution in [0, 0.1) is 0 Å². The molecule has 0 aliphatic carbocycles. The van der Waals surface area contributed by atoms with Crippen molar-refractivity contribution in [2.24, 2.45) is 0 Å². The molecule has 0 N–H and O–H groups in total. The quantitative estimate of drug-likeness (QED) is 0.846. The maximum absolute atomic E-state index is 12.4. The maximum atomic E-state index is 12.4. The molecular formula is C14H16N4O2. The zero-order valence-electron chi connectivity index (χ0n) is 11.3. The largest absolute Gasteiger partial charge is 0.497 e. The van der Waals surface area contributed by atoms with E-state index in [1.54, 1.807) is 48.6 Å². The molecule has 1 aromatic heterocycles. The number of methoxy groups -OCH3 is 1. The lowest BCUT2D eigenvalue weighted by Crippen LogP contribution is -2.29. The molecule has 1 saturated heterocycles. The minimum Gasteiger partial charge on any atom is -0.497 e. The number of carbonyl (C=O) groups is 1. The number of amides is 1. The summed E-state index contributed by atoms with van der Waals surface area (Å²) in [4.78, 5) is 15.9. The van der Waals surface area contributed by atoms with Gasteiger partial charge in [-0.1, -0.05) is 0 Å². The molecule has 6 nitrogen and oxygen atoms in total. The zero-order valence-corrected chi connectivity index (χ0v) is 11.3. The summed E-state index contributed by atoms with van der Waals surface area (Å²) >= 11 is 0. The summed E-state index contributed by atoms with van der Waals surface area (Å²) < 4.78 is 5.10. The van der Waals surface area contributed by atoms with Crippen LogP contribution in [0.1, 0.15) is 22.8 Å². The molecule has 1 aromatic carbocycles. The Morgan fingerprint density at radius 3 is 2.60 bits per heavy atom. The normalized spacial score (nSPS) is 18.2. The first-order chi connectivity index (χ1) is 9.78. The van der Waals surface area contributed by atoms with E-state index in [1.807, 2.05) is 4.90 Å². The second-order valence-corrected chi connectivity index (χ2v) is 4.77. The van der Waals surface area contributed by atoms with Gasteiger partial charge in [0.25, 0.3) is 5.91 Å². The second-order valence-electron chi connectivity index (χ2n) is 4.77. The van der Waals surface area contributed by atoms with E-state index in [1.165, 1.54) is 0 Å². The lowest BCUT2D eigenvalue weighted by Gasteiger charge is -2.16. The van der Waals surface area contributed by atoms with Crippen LogP contribution in [-0.2, 0) is 0 Å². The maximum Gasteiger partial charge on any atom is 0.253 e. The number of benzene rings is 1. The van der Waals surface area contributed by atoms with Gasteiger partial charge in [0, 0.05) is 18.7 Å². The van der Waals surface area contributed by atoms with E-state index < -0.39 is 0 Å². The van der Waals surface area contributed by atoms with Crippen LogP contribution < -0.4 is 4.74 Å². The van der Waals surface area contributed by atoms with E-state index in [2.05, 4.69) is 10.2 Å². The molecule has 104 valence electrons. The summed E-state index contributed by atoms with van der Waals surface area (Å²) in [6.45, 7) is 1.39. The summed E-state index contributed by atoms with van der Waals surface area (Å²) in [7, 11) is 1.61. The van der Waals surface area contributed by atoms with Crippen LogP contribution >= 0.6 is 0 Å². The highest BCUT2D eigenvalue weighted by Crippen LogP contribution is 2.22. The number of ether oxygens (including phenoxy) is 1. The van der Waals surface area contributed by atoms with Crippen molar-refractivity contribution in [2.45, 2.75) is 12.5 Å². The van der Waals surface area contributed by atoms with Crippen LogP contribution in [0.5, 0.6) is 5.75 Å². The van der Waals surface area contributed by atoms with Crippen molar-refractivity contribution in [1.29, 1.82) is 0 Å². The molecule has 2 heterocycles. The first kappa shape index (κ1) is 12.7. The fourth-order valence-corrected chi connectivity index (χ4v) is 2.45. The highest BCUT2D eigenvalue weighted by atomic mass is 16.5. The van der Waals surface area contributed by atoms with Gasteiger partial charge in [-0.2, -0.15) is 15.0 Å². The molecule has 0 bridgehead atoms. The van der Waals surface area contributed by atoms with Gasteiger partial charge in [-0.25, -0.2) is 0 Å². The van der Waals surface area contributed by atoms with E-state index >= 15 is 0 Å². The molecule has 1 unspecified atom stereocenters. The van der Waals surface area contributed by atoms with Crippen molar-refractivity contribution < 1.29 is 9.53 Å². The number of aromatic nitrogens is 3. The molecule has 1 aliphatic rings. The smallest absolute Gasteiger partial charge is 0.253 e. The fourth-order valence-electron chi connectivity index (χ4n) is 2.45. The molecule has 0 radical (unpaired) electrons. The SMILES string of the molecule is COc1ccc(C(=O)N2CCC(n3nccn3)C2)cc1. The second kappa shape index (κ2) is 5.32. The Morgan fingerprint density at radius 1 is 1.25 bits per heavy atom. The van der Waals surface area contributed by atoms with Gasteiger partial charge >= 0.3 is 0 Å². The number of hydrogen-bond acceptors (Lipinski definition) is 4. The fraction of sp³-hybridized carbons (Fsp3) is 0.357. The molecule has 0 spiro atoms. The first-order valence-electron chi connectivity index (χ1n) is 6.57. The Bertz CT molecular complexity index is 580. The predicted molar refractivity (Wildman–Crippen MR) is 72.6 cm³/mol. The molecule has 1 fully saturated rings. The average molecular weight is 272 g/mol. The first-order valence-corrected chi connectivity index (χ1v) is 6.57. The van der Waals surface area contributed by atoms with E-state index in [-0.39, 0.29) is 11.9 Å². The Kier molecular flexibility index (Phi) is 3.37. The molecule has 3 rings (SSSR count). The zero-order chi connectivity index (χ0) is 13.9. The van der Waals surface area contributed by atoms with E-state index in [4.69, 9.17) is 4.74 Å². The minimum absolute atomic E-state index is 0.0438. The van der Waals surface area contributed by atoms with Gasteiger partial charge in [0.15, 0.2) is 0 Å². The van der Waals surface area contributed by atoms with Crippen LogP contribution in [0.2, 0.25) is 0 Å². The van der Waals surface area contributed by atoms with Crippen molar-refractivity contribution in [3.63, 3.8) is 0 Å². The standard InChI is InChI=1S/C14H16N4O2/c1-20-13-4-2-11(3-5-13)14(19)17-9-6-12(10-17)18-15-7-8-16-18/h2-5,7-8,12H,6,9-10H2,1H3. The highest BCUT2D eigenvalue weighted by molar-refractivity contribution is 5.94. The van der Waals surface area contributed by atoms with Gasteiger partial charge in [-0.3, -0.25) is 4.79 Å². The van der Waals surface area contributed by atoms with Crippen molar-refractivity contribution in [3.05, 3.63) is 42.2 Å². The molecule has 1 aliphatic heterocycles. The topological polar surface area (TPSA) is 60.2 Å². The van der Waals surface area contributed by atoms with Crippen LogP contribution in [0.3, 0.4) is 0 Å². The Balaban J connectivity index is 1.69. The third-order valence-corrected chi connectivity index (χ3v) is 3.55. The number of nitrogens with zero attached hydrogens (tertiary/aromatic N) is 4. The molecule has 6 heteroatoms. The van der Waals surface area contributed by atoms with Gasteiger partial charge in [-0.05, 0) is 30.7 Å². The van der Waals surface area contributed by atoms with Gasteiger partial charge in [0.05, 0.1) is 25.5 Å². The Hall–Kier alpha value is -2.37. The van der Waals surface area contributed by atoms with Crippen LogP contribution in [0.25, 0.3) is 0 Å². The summed E-state index contributed by atoms with van der Waals surface area (Å²) in [5.74, 6) is 0.795. The Labute approximate surface area is 117 Å². The summed E-state index contributed by atoms with van der Waals surface area (Å²) in [5, 5.41) is 8.28. The summed E-state index contributed by atoms with van der Waals surface area (Å²) in [6.07, 6.45) is 4.21. The molecule has 1 atom stereocenters. The summed E-state index contributed by atoms with van der Waals surface area (Å²) in [5.41, 5.74) is 0.680. The molecule has 2 aromatic rings. The van der Waals surface area contributed by atoms with E-state index in [0.717, 1.165) is 18.7 Å². The van der Waals surface area contributed by atoms with Crippen molar-refractivity contribution in [3.8, 4) is 5.75 Å². The van der Waals surface area contributed by atoms with Gasteiger partial charge in [0.1, 0.15) is 5.75 Å². The van der Waals surface area contributed by atoms with Crippen molar-refractivity contribution in [1.82, 2.24) is 19.9 Å². The summed E-state index contributed by atoms with van der Waals surface area (Å²) in [6, 6.07) is 7.36. The van der Waals surface area contributed by atoms with Gasteiger partial charge < -0.3 is 9.64 Å². The Morgan fingerprint density at radius 2 is 1.95 bits per heavy atom. The van der Waals surface area contributed by atoms with Crippen molar-refractivity contribution in [2.75, 3.05) is 20.2 Å². The molecule has 20 heavy (non-hydrogen) atoms. The lowest BCUT2D eigenvalue weighted by molar-refractivity contribution is 0.0786. The monoisotopic (exact) mass is 272 g/mol. The third-order valence-electron chi connectivity index (χ3n) is 3.55. The number of carbonyl (C=O) groups excluding carboxylic acids is 1. The lowest BCUT2D eigenvalue weighted by atomic mass is 10.2. The minimum atomic E-state index is 0.0438. The molecule has 0 saturated carbocycles. The number of likely N-dealkylation sites (tertiary alicyclic amines) is 1. The predicted octanol–water partition coefficient (Wildman–Crippen LogP) is 1.37.